The van der Waals surface area contributed by atoms with Gasteiger partial charge in [0.25, 0.3) is 11.7 Å². The molecule has 5 nitrogen and oxygen atoms in total. The lowest BCUT2D eigenvalue weighted by atomic mass is 9.86. The van der Waals surface area contributed by atoms with Crippen molar-refractivity contribution in [3.63, 3.8) is 0 Å². The van der Waals surface area contributed by atoms with Crippen LogP contribution in [0, 0.1) is 5.92 Å². The molecule has 1 aromatic heterocycles. The summed E-state index contributed by atoms with van der Waals surface area (Å²) >= 11 is 0. The summed E-state index contributed by atoms with van der Waals surface area (Å²) < 4.78 is 0. The Bertz CT molecular complexity index is 527. The normalized spacial score (nSPS) is 26.8. The molecule has 0 bridgehead atoms. The molecule has 3 atom stereocenters. The number of hydrogen-bond donors (Lipinski definition) is 2. The van der Waals surface area contributed by atoms with E-state index in [9.17, 15) is 4.79 Å². The highest BCUT2D eigenvalue weighted by molar-refractivity contribution is 5.80. The molecule has 24 heavy (non-hydrogen) atoms. The number of nitrogens with one attached hydrogen (secondary N) is 3. The Morgan fingerprint density at radius 3 is 2.71 bits per heavy atom. The van der Waals surface area contributed by atoms with E-state index in [1.807, 2.05) is 12.3 Å². The lowest BCUT2D eigenvalue weighted by Gasteiger charge is -2.34. The molecule has 1 aliphatic carbocycles. The van der Waals surface area contributed by atoms with E-state index in [1.54, 1.807) is 0 Å². The van der Waals surface area contributed by atoms with Crippen LogP contribution in [0.25, 0.3) is 0 Å². The minimum absolute atomic E-state index is 0.0426. The van der Waals surface area contributed by atoms with Crippen molar-refractivity contribution in [1.82, 2.24) is 5.32 Å². The second-order valence-corrected chi connectivity index (χ2v) is 7.49. The summed E-state index contributed by atoms with van der Waals surface area (Å²) in [5.74, 6) is 2.03. The van der Waals surface area contributed by atoms with E-state index in [1.165, 1.54) is 30.0 Å². The molecule has 0 aromatic carbocycles. The Hall–Kier alpha value is -1.62. The quantitative estimate of drug-likeness (QED) is 0.833. The minimum atomic E-state index is 0.0426. The van der Waals surface area contributed by atoms with Gasteiger partial charge in [-0.15, -0.1) is 0 Å². The van der Waals surface area contributed by atoms with E-state index >= 15 is 0 Å². The van der Waals surface area contributed by atoms with Gasteiger partial charge in [0, 0.05) is 12.1 Å². The Morgan fingerprint density at radius 1 is 1.29 bits per heavy atom. The van der Waals surface area contributed by atoms with E-state index in [2.05, 4.69) is 41.2 Å². The fraction of sp³-hybridized carbons (Fsp3) is 0.684. The van der Waals surface area contributed by atoms with E-state index in [-0.39, 0.29) is 11.9 Å². The number of aromatic amines is 1. The van der Waals surface area contributed by atoms with Crippen molar-refractivity contribution in [3.8, 4) is 0 Å². The largest absolute Gasteiger partial charge is 0.348 e. The molecule has 1 amide bonds. The Labute approximate surface area is 145 Å². The number of H-pyrrole nitrogens is 1. The average molecular weight is 332 g/mol. The van der Waals surface area contributed by atoms with Crippen LogP contribution in [0.15, 0.2) is 24.4 Å². The molecule has 1 aliphatic heterocycles. The summed E-state index contributed by atoms with van der Waals surface area (Å²) in [5.41, 5.74) is 0. The topological polar surface area (TPSA) is 50.9 Å². The molecule has 0 unspecified atom stereocenters. The fourth-order valence-electron chi connectivity index (χ4n) is 4.07. The first-order valence-electron chi connectivity index (χ1n) is 9.52. The Balaban J connectivity index is 1.49. The molecule has 3 N–H and O–H groups in total. The summed E-state index contributed by atoms with van der Waals surface area (Å²) in [4.78, 5) is 19.7. The third kappa shape index (κ3) is 4.07. The third-order valence-corrected chi connectivity index (χ3v) is 5.88. The van der Waals surface area contributed by atoms with Crippen LogP contribution in [0.5, 0.6) is 0 Å². The van der Waals surface area contributed by atoms with Crippen molar-refractivity contribution in [3.05, 3.63) is 24.4 Å². The van der Waals surface area contributed by atoms with Gasteiger partial charge in [0.05, 0.1) is 6.20 Å². The maximum Gasteiger partial charge on any atom is 0.278 e. The van der Waals surface area contributed by atoms with Crippen LogP contribution in [0.4, 0.5) is 5.82 Å². The first-order valence-corrected chi connectivity index (χ1v) is 9.52. The average Bonchev–Trinajstić information content (AvgIpc) is 2.64. The molecule has 0 spiro atoms. The maximum atomic E-state index is 12.7. The van der Waals surface area contributed by atoms with Crippen LogP contribution in [0.1, 0.15) is 39.5 Å². The molecule has 5 heteroatoms. The monoisotopic (exact) mass is 332 g/mol. The second kappa shape index (κ2) is 7.97. The van der Waals surface area contributed by atoms with Crippen LogP contribution in [-0.2, 0) is 4.79 Å². The van der Waals surface area contributed by atoms with Crippen molar-refractivity contribution >= 4 is 11.7 Å². The first kappa shape index (κ1) is 17.2. The van der Waals surface area contributed by atoms with Gasteiger partial charge in [-0.05, 0) is 31.7 Å². The molecular formula is C19H32N4O+2. The summed E-state index contributed by atoms with van der Waals surface area (Å²) in [7, 11) is 0. The minimum Gasteiger partial charge on any atom is -0.348 e. The first-order chi connectivity index (χ1) is 11.6. The van der Waals surface area contributed by atoms with Gasteiger partial charge in [0.2, 0.25) is 0 Å². The summed E-state index contributed by atoms with van der Waals surface area (Å²) in [6, 6.07) is 6.61. The molecule has 2 fully saturated rings. The van der Waals surface area contributed by atoms with Crippen molar-refractivity contribution in [1.29, 1.82) is 0 Å². The third-order valence-electron chi connectivity index (χ3n) is 5.88. The number of aromatic nitrogens is 1. The zero-order chi connectivity index (χ0) is 16.9. The van der Waals surface area contributed by atoms with Gasteiger partial charge in [0.15, 0.2) is 6.04 Å². The predicted octanol–water partition coefficient (Wildman–Crippen LogP) is 0.289. The number of rotatable bonds is 4. The van der Waals surface area contributed by atoms with Gasteiger partial charge in [-0.1, -0.05) is 25.8 Å². The maximum absolute atomic E-state index is 12.7. The molecule has 1 aromatic rings. The smallest absolute Gasteiger partial charge is 0.278 e. The summed E-state index contributed by atoms with van der Waals surface area (Å²) in [6.07, 6.45) is 6.93. The number of hydrogen-bond acceptors (Lipinski definition) is 2. The molecule has 1 saturated heterocycles. The summed E-state index contributed by atoms with van der Waals surface area (Å²) in [6.45, 7) is 8.37. The van der Waals surface area contributed by atoms with Crippen molar-refractivity contribution in [2.45, 2.75) is 51.6 Å². The molecule has 1 saturated carbocycles. The van der Waals surface area contributed by atoms with E-state index in [0.717, 1.165) is 32.6 Å². The molecule has 2 heterocycles. The van der Waals surface area contributed by atoms with Crippen LogP contribution in [0.2, 0.25) is 0 Å². The number of nitrogens with zero attached hydrogens (tertiary/aromatic N) is 1. The fourth-order valence-corrected chi connectivity index (χ4v) is 4.07. The lowest BCUT2D eigenvalue weighted by molar-refractivity contribution is -0.914. The molecular weight excluding hydrogens is 300 g/mol. The lowest BCUT2D eigenvalue weighted by Crippen LogP contribution is -3.19. The van der Waals surface area contributed by atoms with Gasteiger partial charge in [0.1, 0.15) is 26.2 Å². The number of anilines is 1. The van der Waals surface area contributed by atoms with E-state index < -0.39 is 0 Å². The number of piperazine rings is 1. The second-order valence-electron chi connectivity index (χ2n) is 7.49. The number of carbonyl (C=O) groups is 1. The number of amides is 1. The van der Waals surface area contributed by atoms with E-state index in [0.29, 0.717) is 12.0 Å². The van der Waals surface area contributed by atoms with Crippen LogP contribution in [-0.4, -0.2) is 44.2 Å². The van der Waals surface area contributed by atoms with Crippen molar-refractivity contribution in [2.75, 3.05) is 31.1 Å². The van der Waals surface area contributed by atoms with E-state index in [4.69, 9.17) is 0 Å². The van der Waals surface area contributed by atoms with Crippen molar-refractivity contribution in [2.24, 2.45) is 5.92 Å². The Kier molecular flexibility index (Phi) is 5.72. The van der Waals surface area contributed by atoms with Crippen LogP contribution in [0.3, 0.4) is 0 Å². The zero-order valence-corrected chi connectivity index (χ0v) is 15.1. The molecule has 3 rings (SSSR count). The van der Waals surface area contributed by atoms with Crippen LogP contribution >= 0.6 is 0 Å². The highest BCUT2D eigenvalue weighted by Crippen LogP contribution is 2.23. The highest BCUT2D eigenvalue weighted by atomic mass is 16.2. The van der Waals surface area contributed by atoms with Gasteiger partial charge in [-0.25, -0.2) is 4.98 Å². The number of carbonyl (C=O) groups excluding carboxylic acids is 1. The summed E-state index contributed by atoms with van der Waals surface area (Å²) in [5, 5.41) is 3.33. The molecule has 132 valence electrons. The van der Waals surface area contributed by atoms with Gasteiger partial charge < -0.3 is 10.2 Å². The van der Waals surface area contributed by atoms with Crippen LogP contribution < -0.4 is 20.1 Å². The highest BCUT2D eigenvalue weighted by Gasteiger charge is 2.34. The number of quaternary nitrogens is 1. The zero-order valence-electron chi connectivity index (χ0n) is 15.1. The molecule has 0 radical (unpaired) electrons. The Morgan fingerprint density at radius 2 is 2.04 bits per heavy atom. The van der Waals surface area contributed by atoms with Gasteiger partial charge in [-0.2, -0.15) is 0 Å². The molecule has 2 aliphatic rings. The standard InChI is InChI=1S/C19H30N4O/c1-15-7-3-4-8-17(15)21-19(24)16(2)22-11-13-23(14-12-22)18-9-5-6-10-20-18/h5-6,9-10,15-17H,3-4,7-8,11-14H2,1-2H3,(H,21,24)/p+2/t15-,16-,17-/m1/s1. The van der Waals surface area contributed by atoms with Crippen molar-refractivity contribution < 1.29 is 14.7 Å². The van der Waals surface area contributed by atoms with Gasteiger partial charge in [-0.3, -0.25) is 9.69 Å². The predicted molar refractivity (Wildman–Crippen MR) is 94.9 cm³/mol. The van der Waals surface area contributed by atoms with Gasteiger partial charge >= 0.3 is 0 Å². The SMILES string of the molecule is C[C@@H]1CCCC[C@H]1NC(=O)[C@@H](C)[NH+]1CCN(c2cccc[nH+]2)CC1. The number of pyridine rings is 1.